The Hall–Kier alpha value is -1.60. The summed E-state index contributed by atoms with van der Waals surface area (Å²) < 4.78 is 23.1. The minimum Gasteiger partial charge on any atom is -0.369 e. The Labute approximate surface area is 150 Å². The number of piperazine rings is 1. The summed E-state index contributed by atoms with van der Waals surface area (Å²) in [6.07, 6.45) is 1.03. The average molecular weight is 365 g/mol. The number of hydrogen-bond donors (Lipinski definition) is 0. The molecule has 1 aromatic carbocycles. The van der Waals surface area contributed by atoms with Gasteiger partial charge in [-0.05, 0) is 18.6 Å². The summed E-state index contributed by atoms with van der Waals surface area (Å²) in [6.45, 7) is 4.57. The highest BCUT2D eigenvalue weighted by Crippen LogP contribution is 2.18. The fraction of sp³-hybridized carbons (Fsp3) is 0.611. The Kier molecular flexibility index (Phi) is 5.64. The highest BCUT2D eigenvalue weighted by Gasteiger charge is 2.32. The number of hydrogen-bond acceptors (Lipinski definition) is 5. The number of para-hydroxylation sites is 1. The first-order valence-electron chi connectivity index (χ1n) is 8.93. The van der Waals surface area contributed by atoms with Gasteiger partial charge >= 0.3 is 0 Å². The smallest absolute Gasteiger partial charge is 0.223 e. The van der Waals surface area contributed by atoms with Crippen molar-refractivity contribution >= 4 is 21.4 Å². The third-order valence-electron chi connectivity index (χ3n) is 5.29. The predicted molar refractivity (Wildman–Crippen MR) is 99.5 cm³/mol. The maximum absolute atomic E-state index is 12.4. The Morgan fingerprint density at radius 3 is 2.44 bits per heavy atom. The molecule has 2 heterocycles. The van der Waals surface area contributed by atoms with Crippen LogP contribution in [0.1, 0.15) is 12.8 Å². The Morgan fingerprint density at radius 1 is 1.16 bits per heavy atom. The molecule has 1 unspecified atom stereocenters. The lowest BCUT2D eigenvalue weighted by Gasteiger charge is -2.36. The average Bonchev–Trinajstić information content (AvgIpc) is 3.00. The normalized spacial score (nSPS) is 23.6. The van der Waals surface area contributed by atoms with Crippen LogP contribution in [0.4, 0.5) is 5.69 Å². The van der Waals surface area contributed by atoms with Crippen molar-refractivity contribution in [2.75, 3.05) is 56.2 Å². The van der Waals surface area contributed by atoms with Gasteiger partial charge in [-0.3, -0.25) is 9.69 Å². The molecule has 0 bridgehead atoms. The van der Waals surface area contributed by atoms with Gasteiger partial charge in [-0.25, -0.2) is 8.42 Å². The van der Waals surface area contributed by atoms with E-state index in [1.54, 1.807) is 11.9 Å². The predicted octanol–water partition coefficient (Wildman–Crippen LogP) is 0.844. The van der Waals surface area contributed by atoms with Gasteiger partial charge in [-0.2, -0.15) is 0 Å². The summed E-state index contributed by atoms with van der Waals surface area (Å²) in [4.78, 5) is 18.7. The zero-order valence-electron chi connectivity index (χ0n) is 14.8. The molecule has 0 spiro atoms. The van der Waals surface area contributed by atoms with Gasteiger partial charge in [0, 0.05) is 57.9 Å². The van der Waals surface area contributed by atoms with Crippen LogP contribution >= 0.6 is 0 Å². The van der Waals surface area contributed by atoms with E-state index < -0.39 is 9.84 Å². The number of benzene rings is 1. The summed E-state index contributed by atoms with van der Waals surface area (Å²) in [5, 5.41) is 0. The summed E-state index contributed by atoms with van der Waals surface area (Å²) in [7, 11) is -1.21. The number of nitrogens with zero attached hydrogens (tertiary/aromatic N) is 3. The Bertz CT molecular complexity index is 685. The molecule has 2 aliphatic rings. The molecular weight excluding hydrogens is 338 g/mol. The molecule has 2 fully saturated rings. The first-order chi connectivity index (χ1) is 11.9. The van der Waals surface area contributed by atoms with Crippen LogP contribution in [0.2, 0.25) is 0 Å². The second kappa shape index (κ2) is 7.74. The molecule has 7 heteroatoms. The van der Waals surface area contributed by atoms with Gasteiger partial charge in [0.15, 0.2) is 9.84 Å². The van der Waals surface area contributed by atoms with Gasteiger partial charge in [0.2, 0.25) is 5.91 Å². The summed E-state index contributed by atoms with van der Waals surface area (Å²) in [5.74, 6) is 0.370. The van der Waals surface area contributed by atoms with Crippen molar-refractivity contribution < 1.29 is 13.2 Å². The molecule has 2 aliphatic heterocycles. The van der Waals surface area contributed by atoms with Crippen LogP contribution in [-0.2, 0) is 14.6 Å². The van der Waals surface area contributed by atoms with Gasteiger partial charge in [-0.1, -0.05) is 18.2 Å². The number of carbonyl (C=O) groups is 1. The van der Waals surface area contributed by atoms with E-state index in [2.05, 4.69) is 34.1 Å². The zero-order valence-corrected chi connectivity index (χ0v) is 15.6. The Balaban J connectivity index is 1.41. The van der Waals surface area contributed by atoms with Gasteiger partial charge in [-0.15, -0.1) is 0 Å². The van der Waals surface area contributed by atoms with Crippen molar-refractivity contribution in [3.63, 3.8) is 0 Å². The lowest BCUT2D eigenvalue weighted by molar-refractivity contribution is -0.131. The number of anilines is 1. The van der Waals surface area contributed by atoms with Crippen molar-refractivity contribution in [1.29, 1.82) is 0 Å². The van der Waals surface area contributed by atoms with E-state index in [-0.39, 0.29) is 23.5 Å². The van der Waals surface area contributed by atoms with Crippen LogP contribution in [0, 0.1) is 0 Å². The van der Waals surface area contributed by atoms with Crippen molar-refractivity contribution in [3.8, 4) is 0 Å². The fourth-order valence-electron chi connectivity index (χ4n) is 3.58. The molecule has 1 amide bonds. The third-order valence-corrected chi connectivity index (χ3v) is 7.04. The van der Waals surface area contributed by atoms with E-state index in [9.17, 15) is 13.2 Å². The van der Waals surface area contributed by atoms with E-state index in [1.165, 1.54) is 5.69 Å². The fourth-order valence-corrected chi connectivity index (χ4v) is 5.36. The molecular formula is C18H27N3O3S. The quantitative estimate of drug-likeness (QED) is 0.774. The Morgan fingerprint density at radius 2 is 1.84 bits per heavy atom. The van der Waals surface area contributed by atoms with E-state index in [0.717, 1.165) is 32.7 Å². The summed E-state index contributed by atoms with van der Waals surface area (Å²) >= 11 is 0. The second-order valence-corrected chi connectivity index (χ2v) is 9.20. The summed E-state index contributed by atoms with van der Waals surface area (Å²) in [5.41, 5.74) is 1.25. The minimum absolute atomic E-state index is 0.0487. The van der Waals surface area contributed by atoms with Gasteiger partial charge < -0.3 is 9.80 Å². The molecule has 0 aromatic heterocycles. The topological polar surface area (TPSA) is 60.9 Å². The number of amides is 1. The zero-order chi connectivity index (χ0) is 17.9. The number of sulfone groups is 1. The van der Waals surface area contributed by atoms with E-state index in [0.29, 0.717) is 12.8 Å². The second-order valence-electron chi connectivity index (χ2n) is 6.98. The molecule has 1 atom stereocenters. The van der Waals surface area contributed by atoms with Crippen LogP contribution in [0.3, 0.4) is 0 Å². The van der Waals surface area contributed by atoms with E-state index in [1.807, 2.05) is 6.07 Å². The lowest BCUT2D eigenvalue weighted by Crippen LogP contribution is -2.47. The van der Waals surface area contributed by atoms with Crippen molar-refractivity contribution in [2.24, 2.45) is 0 Å². The first-order valence-corrected chi connectivity index (χ1v) is 10.8. The molecule has 138 valence electrons. The lowest BCUT2D eigenvalue weighted by atomic mass is 10.2. The van der Waals surface area contributed by atoms with E-state index >= 15 is 0 Å². The molecule has 0 aliphatic carbocycles. The number of rotatable bonds is 5. The molecule has 0 radical (unpaired) electrons. The SMILES string of the molecule is CN(C(=O)CCN1CCN(c2ccccc2)CC1)C1CCS(=O)(=O)C1. The van der Waals surface area contributed by atoms with Crippen LogP contribution in [-0.4, -0.2) is 81.4 Å². The molecule has 1 aromatic rings. The van der Waals surface area contributed by atoms with Crippen molar-refractivity contribution in [3.05, 3.63) is 30.3 Å². The van der Waals surface area contributed by atoms with Crippen LogP contribution in [0.15, 0.2) is 30.3 Å². The van der Waals surface area contributed by atoms with Crippen LogP contribution in [0.5, 0.6) is 0 Å². The van der Waals surface area contributed by atoms with Gasteiger partial charge in [0.1, 0.15) is 0 Å². The van der Waals surface area contributed by atoms with Crippen LogP contribution in [0.25, 0.3) is 0 Å². The van der Waals surface area contributed by atoms with Crippen molar-refractivity contribution in [2.45, 2.75) is 18.9 Å². The monoisotopic (exact) mass is 365 g/mol. The van der Waals surface area contributed by atoms with Gasteiger partial charge in [0.25, 0.3) is 0 Å². The molecule has 2 saturated heterocycles. The molecule has 6 nitrogen and oxygen atoms in total. The highest BCUT2D eigenvalue weighted by atomic mass is 32.2. The van der Waals surface area contributed by atoms with E-state index in [4.69, 9.17) is 0 Å². The maximum atomic E-state index is 12.4. The summed E-state index contributed by atoms with van der Waals surface area (Å²) in [6, 6.07) is 10.2. The largest absolute Gasteiger partial charge is 0.369 e. The minimum atomic E-state index is -2.95. The number of carbonyl (C=O) groups excluding carboxylic acids is 1. The maximum Gasteiger partial charge on any atom is 0.223 e. The third kappa shape index (κ3) is 4.73. The van der Waals surface area contributed by atoms with Crippen LogP contribution < -0.4 is 4.90 Å². The van der Waals surface area contributed by atoms with Crippen molar-refractivity contribution in [1.82, 2.24) is 9.80 Å². The molecule has 0 N–H and O–H groups in total. The molecule has 0 saturated carbocycles. The van der Waals surface area contributed by atoms with Gasteiger partial charge in [0.05, 0.1) is 11.5 Å². The highest BCUT2D eigenvalue weighted by molar-refractivity contribution is 7.91. The molecule has 25 heavy (non-hydrogen) atoms. The first kappa shape index (κ1) is 18.2. The molecule has 3 rings (SSSR count). The standard InChI is InChI=1S/C18H27N3O3S/c1-19(17-8-14-25(23,24)15-17)18(22)7-9-20-10-12-21(13-11-20)16-5-3-2-4-6-16/h2-6,17H,7-15H2,1H3.